The van der Waals surface area contributed by atoms with E-state index in [1.807, 2.05) is 11.5 Å². The third kappa shape index (κ3) is 16.7. The minimum absolute atomic E-state index is 0.00910. The van der Waals surface area contributed by atoms with E-state index in [0.717, 1.165) is 67.2 Å². The van der Waals surface area contributed by atoms with Crippen LogP contribution >= 0.6 is 0 Å². The highest BCUT2D eigenvalue weighted by Gasteiger charge is 2.21. The molecule has 1 aromatic rings. The molecule has 0 aliphatic heterocycles. The molecule has 6 heteroatoms. The molecular weight excluding hydrogens is 604 g/mol. The van der Waals surface area contributed by atoms with Gasteiger partial charge in [-0.15, -0.1) is 0 Å². The number of hydrogen-bond acceptors (Lipinski definition) is 2. The Morgan fingerprint density at radius 3 is 1.16 bits per heavy atom. The molecule has 1 aromatic heterocycles. The molecule has 0 aromatic carbocycles. The minimum Gasteiger partial charge on any atom is -0.324 e. The first-order valence-corrected chi connectivity index (χ1v) is 21.8. The van der Waals surface area contributed by atoms with Crippen molar-refractivity contribution < 1.29 is 8.97 Å². The van der Waals surface area contributed by atoms with Crippen LogP contribution in [0.5, 0.6) is 0 Å². The molecule has 0 spiro atoms. The highest BCUT2D eigenvalue weighted by Crippen LogP contribution is 2.16. The van der Waals surface area contributed by atoms with Crippen LogP contribution in [0.1, 0.15) is 188 Å². The largest absolute Gasteiger partial charge is 0.331 e. The average Bonchev–Trinajstić information content (AvgIpc) is 3.12. The van der Waals surface area contributed by atoms with Crippen molar-refractivity contribution >= 4 is 0 Å². The number of rotatable bonds is 33. The van der Waals surface area contributed by atoms with Crippen LogP contribution in [0.15, 0.2) is 9.59 Å². The fraction of sp³-hybridized carbons (Fsp3) is 0.907. The van der Waals surface area contributed by atoms with Crippen LogP contribution in [0.4, 0.5) is 0 Å². The molecule has 1 rings (SSSR count). The maximum atomic E-state index is 13.8. The summed E-state index contributed by atoms with van der Waals surface area (Å²) in [5, 5.41) is 0. The summed E-state index contributed by atoms with van der Waals surface area (Å²) in [6.45, 7) is 28.9. The fourth-order valence-corrected chi connectivity index (χ4v) is 8.18. The average molecular weight is 691 g/mol. The van der Waals surface area contributed by atoms with Gasteiger partial charge in [0, 0.05) is 24.3 Å². The number of quaternary nitrogens is 2. The first kappa shape index (κ1) is 45.6. The van der Waals surface area contributed by atoms with E-state index >= 15 is 0 Å². The summed E-state index contributed by atoms with van der Waals surface area (Å²) in [6, 6.07) is 0. The highest BCUT2D eigenvalue weighted by atomic mass is 16.2. The smallest absolute Gasteiger partial charge is 0.324 e. The lowest BCUT2D eigenvalue weighted by Gasteiger charge is -2.35. The van der Waals surface area contributed by atoms with E-state index in [0.29, 0.717) is 6.54 Å². The first-order valence-electron chi connectivity index (χ1n) is 21.8. The Morgan fingerprint density at radius 2 is 0.776 bits per heavy atom. The second kappa shape index (κ2) is 27.3. The predicted molar refractivity (Wildman–Crippen MR) is 215 cm³/mol. The van der Waals surface area contributed by atoms with Crippen LogP contribution in [0.2, 0.25) is 0 Å². The molecule has 0 saturated heterocycles. The zero-order valence-electron chi connectivity index (χ0n) is 34.5. The van der Waals surface area contributed by atoms with Crippen molar-refractivity contribution in [1.29, 1.82) is 0 Å². The van der Waals surface area contributed by atoms with Gasteiger partial charge in [-0.3, -0.25) is 13.9 Å². The summed E-state index contributed by atoms with van der Waals surface area (Å²) in [4.78, 5) is 27.6. The lowest BCUT2D eigenvalue weighted by Crippen LogP contribution is -2.48. The van der Waals surface area contributed by atoms with E-state index in [-0.39, 0.29) is 11.2 Å². The summed E-state index contributed by atoms with van der Waals surface area (Å²) in [6.07, 6.45) is 25.9. The van der Waals surface area contributed by atoms with Gasteiger partial charge in [-0.25, -0.2) is 4.79 Å². The number of nitrogens with zero attached hydrogens (tertiary/aromatic N) is 4. The van der Waals surface area contributed by atoms with Crippen LogP contribution in [-0.2, 0) is 19.5 Å². The van der Waals surface area contributed by atoms with Crippen molar-refractivity contribution in [2.45, 2.75) is 203 Å². The van der Waals surface area contributed by atoms with Gasteiger partial charge in [-0.05, 0) is 99.8 Å². The van der Waals surface area contributed by atoms with E-state index in [4.69, 9.17) is 0 Å². The Morgan fingerprint density at radius 1 is 0.429 bits per heavy atom. The molecule has 0 bridgehead atoms. The lowest BCUT2D eigenvalue weighted by molar-refractivity contribution is -0.923. The zero-order chi connectivity index (χ0) is 36.4. The molecule has 1 heterocycles. The molecule has 0 aliphatic rings. The Labute approximate surface area is 305 Å². The molecule has 0 amide bonds. The van der Waals surface area contributed by atoms with Gasteiger partial charge < -0.3 is 8.97 Å². The summed E-state index contributed by atoms with van der Waals surface area (Å²) < 4.78 is 5.92. The topological polar surface area (TPSA) is 44.0 Å². The molecule has 288 valence electrons. The first-order chi connectivity index (χ1) is 23.7. The van der Waals surface area contributed by atoms with Crippen molar-refractivity contribution in [3.63, 3.8) is 0 Å². The quantitative estimate of drug-likeness (QED) is 0.0544. The van der Waals surface area contributed by atoms with Gasteiger partial charge in [-0.2, -0.15) is 0 Å². The van der Waals surface area contributed by atoms with Crippen LogP contribution < -0.4 is 11.2 Å². The van der Waals surface area contributed by atoms with Crippen LogP contribution in [0.25, 0.3) is 0 Å². The van der Waals surface area contributed by atoms with Gasteiger partial charge in [0.05, 0.1) is 52.4 Å². The van der Waals surface area contributed by atoms with Crippen molar-refractivity contribution in [3.05, 3.63) is 32.1 Å². The standard InChI is InChI=1S/C43H86N4O2/c1-9-16-17-18-19-20-21-22-23-24-25-26-27-30-35-41-40(8)44(36-31-28-33-38-46(10-2,11-3)12-4)43(49)45(42(41)48)37-32-29-34-39-47(13-5,14-6)15-7/h9-39H2,1-8H3/q+2. The summed E-state index contributed by atoms with van der Waals surface area (Å²) >= 11 is 0. The van der Waals surface area contributed by atoms with E-state index in [9.17, 15) is 9.59 Å². The van der Waals surface area contributed by atoms with Crippen molar-refractivity contribution in [2.24, 2.45) is 0 Å². The third-order valence-electron chi connectivity index (χ3n) is 12.6. The summed E-state index contributed by atoms with van der Waals surface area (Å²) in [5.74, 6) is 0. The number of aromatic nitrogens is 2. The van der Waals surface area contributed by atoms with Crippen LogP contribution in [0.3, 0.4) is 0 Å². The maximum absolute atomic E-state index is 13.8. The minimum atomic E-state index is -0.0752. The van der Waals surface area contributed by atoms with Crippen molar-refractivity contribution in [1.82, 2.24) is 9.13 Å². The van der Waals surface area contributed by atoms with Crippen LogP contribution in [-0.4, -0.2) is 70.5 Å². The summed E-state index contributed by atoms with van der Waals surface area (Å²) in [5.41, 5.74) is 1.74. The lowest BCUT2D eigenvalue weighted by atomic mass is 10.0. The van der Waals surface area contributed by atoms with Gasteiger partial charge in [0.1, 0.15) is 0 Å². The number of hydrogen-bond donors (Lipinski definition) is 0. The van der Waals surface area contributed by atoms with E-state index < -0.39 is 0 Å². The number of unbranched alkanes of at least 4 members (excludes halogenated alkanes) is 17. The maximum Gasteiger partial charge on any atom is 0.331 e. The monoisotopic (exact) mass is 691 g/mol. The second-order valence-electron chi connectivity index (χ2n) is 15.5. The molecular formula is C43H86N4O2+2. The van der Waals surface area contributed by atoms with Gasteiger partial charge in [0.25, 0.3) is 5.56 Å². The molecule has 0 saturated carbocycles. The second-order valence-corrected chi connectivity index (χ2v) is 15.5. The van der Waals surface area contributed by atoms with Gasteiger partial charge in [0.2, 0.25) is 0 Å². The molecule has 0 radical (unpaired) electrons. The highest BCUT2D eigenvalue weighted by molar-refractivity contribution is 5.17. The Hall–Kier alpha value is -1.40. The van der Waals surface area contributed by atoms with Crippen molar-refractivity contribution in [2.75, 3.05) is 52.4 Å². The van der Waals surface area contributed by atoms with E-state index in [1.165, 1.54) is 147 Å². The Kier molecular flexibility index (Phi) is 25.4. The Balaban J connectivity index is 2.78. The van der Waals surface area contributed by atoms with Crippen LogP contribution in [0, 0.1) is 6.92 Å². The molecule has 49 heavy (non-hydrogen) atoms. The molecule has 6 nitrogen and oxygen atoms in total. The Bertz CT molecular complexity index is 1050. The molecule has 0 N–H and O–H groups in total. The van der Waals surface area contributed by atoms with Crippen molar-refractivity contribution in [3.8, 4) is 0 Å². The molecule has 0 unspecified atom stereocenters. The van der Waals surface area contributed by atoms with Gasteiger partial charge >= 0.3 is 5.69 Å². The molecule has 0 atom stereocenters. The molecule has 0 fully saturated rings. The SMILES string of the molecule is CCCCCCCCCCCCCCCCc1c(C)n(CCCCC[N+](CC)(CC)CC)c(=O)n(CCCCC[N+](CC)(CC)CC)c1=O. The van der Waals surface area contributed by atoms with Gasteiger partial charge in [-0.1, -0.05) is 90.4 Å². The third-order valence-corrected chi connectivity index (χ3v) is 12.6. The molecule has 0 aliphatic carbocycles. The van der Waals surface area contributed by atoms with E-state index in [1.54, 1.807) is 4.57 Å². The van der Waals surface area contributed by atoms with Gasteiger partial charge in [0.15, 0.2) is 0 Å². The normalized spacial score (nSPS) is 12.3. The predicted octanol–water partition coefficient (Wildman–Crippen LogP) is 10.4. The van der Waals surface area contributed by atoms with E-state index in [2.05, 4.69) is 48.5 Å². The summed E-state index contributed by atoms with van der Waals surface area (Å²) in [7, 11) is 0. The zero-order valence-corrected chi connectivity index (χ0v) is 34.5. The fourth-order valence-electron chi connectivity index (χ4n) is 8.18.